The van der Waals surface area contributed by atoms with Gasteiger partial charge < -0.3 is 19.5 Å². The summed E-state index contributed by atoms with van der Waals surface area (Å²) in [6, 6.07) is 18.8. The number of ether oxygens (including phenoxy) is 3. The molecule has 1 amide bonds. The predicted molar refractivity (Wildman–Crippen MR) is 143 cm³/mol. The third kappa shape index (κ3) is 5.26. The first-order chi connectivity index (χ1) is 18.7. The highest BCUT2D eigenvalue weighted by atomic mass is 35.5. The van der Waals surface area contributed by atoms with Gasteiger partial charge in [0.05, 0.1) is 30.3 Å². The van der Waals surface area contributed by atoms with Crippen LogP contribution in [0.3, 0.4) is 0 Å². The van der Waals surface area contributed by atoms with Gasteiger partial charge in [0.1, 0.15) is 11.5 Å². The molecule has 0 saturated carbocycles. The minimum Gasteiger partial charge on any atom is -0.493 e. The summed E-state index contributed by atoms with van der Waals surface area (Å²) >= 11 is 5.68. The van der Waals surface area contributed by atoms with E-state index in [4.69, 9.17) is 25.8 Å². The summed E-state index contributed by atoms with van der Waals surface area (Å²) in [5.41, 5.74) is -0.151. The van der Waals surface area contributed by atoms with Crippen LogP contribution in [0.1, 0.15) is 15.9 Å². The topological polar surface area (TPSA) is 69.7 Å². The van der Waals surface area contributed by atoms with Gasteiger partial charge in [-0.1, -0.05) is 23.7 Å². The first-order valence-corrected chi connectivity index (χ1v) is 11.9. The van der Waals surface area contributed by atoms with Gasteiger partial charge in [0.25, 0.3) is 5.91 Å². The molecule has 5 rings (SSSR count). The number of carbonyl (C=O) groups excluding carboxylic acids is 1. The van der Waals surface area contributed by atoms with Crippen LogP contribution in [0.2, 0.25) is 5.02 Å². The molecule has 1 heterocycles. The van der Waals surface area contributed by atoms with Crippen LogP contribution in [0.4, 0.5) is 18.9 Å². The molecule has 0 fully saturated rings. The van der Waals surface area contributed by atoms with E-state index in [2.05, 4.69) is 10.3 Å². The molecule has 0 aliphatic carbocycles. The zero-order chi connectivity index (χ0) is 27.7. The van der Waals surface area contributed by atoms with Gasteiger partial charge in [-0.25, -0.2) is 0 Å². The second-order valence-corrected chi connectivity index (χ2v) is 8.88. The number of nitrogens with zero attached hydrogens (tertiary/aromatic N) is 1. The Hall–Kier alpha value is -4.50. The number of benzene rings is 4. The van der Waals surface area contributed by atoms with Crippen molar-refractivity contribution in [3.8, 4) is 23.0 Å². The van der Waals surface area contributed by atoms with E-state index in [0.717, 1.165) is 22.9 Å². The number of carbonyl (C=O) groups is 1. The first-order valence-electron chi connectivity index (χ1n) is 11.6. The van der Waals surface area contributed by atoms with Crippen LogP contribution >= 0.6 is 11.6 Å². The van der Waals surface area contributed by atoms with E-state index in [1.54, 1.807) is 68.9 Å². The molecule has 0 unspecified atom stereocenters. The molecule has 1 aromatic heterocycles. The van der Waals surface area contributed by atoms with Crippen molar-refractivity contribution in [2.45, 2.75) is 6.18 Å². The van der Waals surface area contributed by atoms with Crippen molar-refractivity contribution >= 4 is 44.9 Å². The maximum Gasteiger partial charge on any atom is 0.417 e. The van der Waals surface area contributed by atoms with Gasteiger partial charge in [0.15, 0.2) is 11.5 Å². The summed E-state index contributed by atoms with van der Waals surface area (Å²) in [6.07, 6.45) is -3.06. The van der Waals surface area contributed by atoms with E-state index in [9.17, 15) is 18.0 Å². The van der Waals surface area contributed by atoms with E-state index in [1.165, 1.54) is 6.07 Å². The van der Waals surface area contributed by atoms with Crippen LogP contribution in [0.5, 0.6) is 23.0 Å². The average Bonchev–Trinajstić information content (AvgIpc) is 2.92. The minimum atomic E-state index is -4.68. The third-order valence-corrected chi connectivity index (χ3v) is 6.40. The maximum atomic E-state index is 13.2. The molecule has 0 spiro atoms. The summed E-state index contributed by atoms with van der Waals surface area (Å²) < 4.78 is 56.6. The van der Waals surface area contributed by atoms with Gasteiger partial charge in [0, 0.05) is 34.3 Å². The van der Waals surface area contributed by atoms with Crippen molar-refractivity contribution in [2.75, 3.05) is 19.5 Å². The van der Waals surface area contributed by atoms with Gasteiger partial charge in [-0.2, -0.15) is 13.2 Å². The lowest BCUT2D eigenvalue weighted by molar-refractivity contribution is -0.137. The molecule has 39 heavy (non-hydrogen) atoms. The third-order valence-electron chi connectivity index (χ3n) is 6.07. The van der Waals surface area contributed by atoms with E-state index in [0.29, 0.717) is 39.6 Å². The van der Waals surface area contributed by atoms with Crippen LogP contribution in [0.25, 0.3) is 21.7 Å². The van der Waals surface area contributed by atoms with E-state index in [-0.39, 0.29) is 5.56 Å². The Balaban J connectivity index is 1.44. The molecule has 5 aromatic rings. The summed E-state index contributed by atoms with van der Waals surface area (Å²) in [4.78, 5) is 17.2. The fourth-order valence-electron chi connectivity index (χ4n) is 4.18. The summed E-state index contributed by atoms with van der Waals surface area (Å²) in [5, 5.41) is 4.36. The molecule has 0 aliphatic heterocycles. The van der Waals surface area contributed by atoms with Crippen LogP contribution in [0.15, 0.2) is 79.0 Å². The monoisotopic (exact) mass is 552 g/mol. The fourth-order valence-corrected chi connectivity index (χ4v) is 4.40. The molecule has 0 bridgehead atoms. The van der Waals surface area contributed by atoms with Crippen molar-refractivity contribution in [1.82, 2.24) is 4.98 Å². The molecular formula is C29H20ClF3N2O4. The number of halogens is 4. The molecule has 0 radical (unpaired) electrons. The molecule has 10 heteroatoms. The number of alkyl halides is 3. The Morgan fingerprint density at radius 2 is 1.64 bits per heavy atom. The number of rotatable bonds is 6. The molecule has 0 saturated heterocycles. The van der Waals surface area contributed by atoms with Gasteiger partial charge in [-0.05, 0) is 60.0 Å². The zero-order valence-electron chi connectivity index (χ0n) is 20.6. The number of aromatic nitrogens is 1. The fraction of sp³-hybridized carbons (Fsp3) is 0.103. The maximum absolute atomic E-state index is 13.2. The van der Waals surface area contributed by atoms with Crippen LogP contribution in [-0.2, 0) is 6.18 Å². The molecule has 198 valence electrons. The largest absolute Gasteiger partial charge is 0.493 e. The number of methoxy groups -OCH3 is 2. The molecular weight excluding hydrogens is 533 g/mol. The van der Waals surface area contributed by atoms with Gasteiger partial charge in [-0.15, -0.1) is 0 Å². The van der Waals surface area contributed by atoms with E-state index >= 15 is 0 Å². The van der Waals surface area contributed by atoms with Crippen LogP contribution < -0.4 is 19.5 Å². The van der Waals surface area contributed by atoms with E-state index in [1.807, 2.05) is 6.07 Å². The van der Waals surface area contributed by atoms with Crippen molar-refractivity contribution in [1.29, 1.82) is 0 Å². The number of nitrogens with one attached hydrogen (secondary N) is 1. The molecule has 0 atom stereocenters. The Bertz CT molecular complexity index is 1720. The second-order valence-electron chi connectivity index (χ2n) is 8.47. The quantitative estimate of drug-likeness (QED) is 0.230. The lowest BCUT2D eigenvalue weighted by Gasteiger charge is -2.14. The average molecular weight is 553 g/mol. The highest BCUT2D eigenvalue weighted by Crippen LogP contribution is 2.38. The second kappa shape index (κ2) is 10.3. The Morgan fingerprint density at radius 1 is 0.872 bits per heavy atom. The van der Waals surface area contributed by atoms with Crippen molar-refractivity contribution in [3.63, 3.8) is 0 Å². The SMILES string of the molecule is COc1cc2nccc(Oc3ccc4c(NC(=O)c5ccc(Cl)c(C(F)(F)F)c5)cccc4c3)c2cc1OC. The van der Waals surface area contributed by atoms with Gasteiger partial charge in [-0.3, -0.25) is 9.78 Å². The lowest BCUT2D eigenvalue weighted by Crippen LogP contribution is -2.14. The lowest BCUT2D eigenvalue weighted by atomic mass is 10.1. The Morgan fingerprint density at radius 3 is 2.38 bits per heavy atom. The normalized spacial score (nSPS) is 11.4. The highest BCUT2D eigenvalue weighted by molar-refractivity contribution is 6.31. The number of pyridine rings is 1. The molecule has 0 aliphatic rings. The van der Waals surface area contributed by atoms with Crippen molar-refractivity contribution < 1.29 is 32.2 Å². The Kier molecular flexibility index (Phi) is 6.93. The first kappa shape index (κ1) is 26.1. The van der Waals surface area contributed by atoms with Crippen LogP contribution in [-0.4, -0.2) is 25.1 Å². The number of hydrogen-bond donors (Lipinski definition) is 1. The summed E-state index contributed by atoms with van der Waals surface area (Å²) in [5.74, 6) is 1.46. The molecule has 4 aromatic carbocycles. The van der Waals surface area contributed by atoms with Gasteiger partial charge in [0.2, 0.25) is 0 Å². The number of anilines is 1. The van der Waals surface area contributed by atoms with Crippen molar-refractivity contribution in [2.24, 2.45) is 0 Å². The summed E-state index contributed by atoms with van der Waals surface area (Å²) in [7, 11) is 3.09. The predicted octanol–water partition coefficient (Wildman–Crippen LogP) is 8.12. The standard InChI is InChI=1S/C29H20ClF3N2O4/c1-37-26-14-20-24(15-27(26)38-2)34-11-10-25(20)39-18-7-8-19-16(12-18)4-3-5-23(19)35-28(36)17-6-9-22(30)21(13-17)29(31,32)33/h3-15H,1-2H3,(H,35,36). The van der Waals surface area contributed by atoms with Gasteiger partial charge >= 0.3 is 6.18 Å². The highest BCUT2D eigenvalue weighted by Gasteiger charge is 2.33. The smallest absolute Gasteiger partial charge is 0.417 e. The van der Waals surface area contributed by atoms with Crippen molar-refractivity contribution in [3.05, 3.63) is 95.1 Å². The van der Waals surface area contributed by atoms with Crippen LogP contribution in [0, 0.1) is 0 Å². The number of amides is 1. The zero-order valence-corrected chi connectivity index (χ0v) is 21.4. The molecule has 1 N–H and O–H groups in total. The van der Waals surface area contributed by atoms with E-state index < -0.39 is 22.7 Å². The molecule has 6 nitrogen and oxygen atoms in total. The Labute approximate surface area is 225 Å². The number of fused-ring (bicyclic) bond motifs is 2. The minimum absolute atomic E-state index is 0.166. The number of hydrogen-bond acceptors (Lipinski definition) is 5. The summed E-state index contributed by atoms with van der Waals surface area (Å²) in [6.45, 7) is 0.